The maximum Gasteiger partial charge on any atom is 0.223 e. The molecule has 2 fully saturated rings. The number of nitrogens with two attached hydrogens (primary N) is 1. The van der Waals surface area contributed by atoms with Gasteiger partial charge in [0.05, 0.1) is 18.6 Å². The second-order valence-electron chi connectivity index (χ2n) is 4.01. The van der Waals surface area contributed by atoms with E-state index in [-0.39, 0.29) is 17.9 Å². The van der Waals surface area contributed by atoms with Gasteiger partial charge < -0.3 is 15.8 Å². The maximum absolute atomic E-state index is 10.8. The molecule has 14 heavy (non-hydrogen) atoms. The molecular weight excluding hydrogens is 182 g/mol. The normalized spacial score (nSPS) is 29.9. The molecule has 0 saturated carbocycles. The van der Waals surface area contributed by atoms with Crippen molar-refractivity contribution >= 4 is 5.91 Å². The molecule has 2 aliphatic rings. The van der Waals surface area contributed by atoms with E-state index in [1.807, 2.05) is 0 Å². The Bertz CT molecular complexity index is 210. The molecule has 0 aromatic rings. The van der Waals surface area contributed by atoms with Gasteiger partial charge in [0.1, 0.15) is 0 Å². The Morgan fingerprint density at radius 2 is 2.36 bits per heavy atom. The van der Waals surface area contributed by atoms with Crippen LogP contribution in [-0.2, 0) is 9.53 Å². The Hall–Kier alpha value is -0.650. The number of ether oxygens (including phenoxy) is 1. The number of hydrogen-bond donors (Lipinski definition) is 2. The van der Waals surface area contributed by atoms with Crippen LogP contribution in [0.5, 0.6) is 0 Å². The third kappa shape index (κ3) is 2.23. The van der Waals surface area contributed by atoms with Crippen LogP contribution in [0.25, 0.3) is 0 Å². The molecule has 1 unspecified atom stereocenters. The van der Waals surface area contributed by atoms with Crippen molar-refractivity contribution in [1.29, 1.82) is 0 Å². The van der Waals surface area contributed by atoms with Gasteiger partial charge in [-0.1, -0.05) is 0 Å². The minimum absolute atomic E-state index is 0.0616. The quantitative estimate of drug-likeness (QED) is 0.574. The van der Waals surface area contributed by atoms with Crippen molar-refractivity contribution in [1.82, 2.24) is 10.2 Å². The van der Waals surface area contributed by atoms with Crippen LogP contribution in [0.15, 0.2) is 0 Å². The van der Waals surface area contributed by atoms with Gasteiger partial charge in [-0.3, -0.25) is 9.69 Å². The molecule has 0 aromatic heterocycles. The first-order valence-electron chi connectivity index (χ1n) is 5.09. The molecule has 0 aromatic carbocycles. The number of hydrogen-bond acceptors (Lipinski definition) is 4. The van der Waals surface area contributed by atoms with Crippen LogP contribution in [0.4, 0.5) is 0 Å². The molecular formula is C9H17N3O2. The van der Waals surface area contributed by atoms with Crippen molar-refractivity contribution in [3.63, 3.8) is 0 Å². The van der Waals surface area contributed by atoms with Crippen LogP contribution in [-0.4, -0.2) is 56.2 Å². The lowest BCUT2D eigenvalue weighted by molar-refractivity contribution is -0.128. The van der Waals surface area contributed by atoms with E-state index in [4.69, 9.17) is 10.5 Å². The highest BCUT2D eigenvalue weighted by molar-refractivity contribution is 5.78. The summed E-state index contributed by atoms with van der Waals surface area (Å²) in [7, 11) is 0. The largest absolute Gasteiger partial charge is 0.374 e. The monoisotopic (exact) mass is 199 g/mol. The number of likely N-dealkylation sites (tertiary alicyclic amines) is 1. The molecule has 1 atom stereocenters. The van der Waals surface area contributed by atoms with E-state index in [0.29, 0.717) is 0 Å². The SMILES string of the molecule is NC(=O)C1CN(CC2CNCCO2)C1. The van der Waals surface area contributed by atoms with Gasteiger partial charge in [-0.15, -0.1) is 0 Å². The molecule has 2 rings (SSSR count). The van der Waals surface area contributed by atoms with Gasteiger partial charge in [0.15, 0.2) is 0 Å². The van der Waals surface area contributed by atoms with Crippen molar-refractivity contribution < 1.29 is 9.53 Å². The third-order valence-electron chi connectivity index (χ3n) is 2.83. The number of carbonyl (C=O) groups excluding carboxylic acids is 1. The van der Waals surface area contributed by atoms with Gasteiger partial charge in [0.2, 0.25) is 5.91 Å². The van der Waals surface area contributed by atoms with Gasteiger partial charge in [0, 0.05) is 32.7 Å². The minimum Gasteiger partial charge on any atom is -0.374 e. The van der Waals surface area contributed by atoms with E-state index in [2.05, 4.69) is 10.2 Å². The van der Waals surface area contributed by atoms with E-state index in [9.17, 15) is 4.79 Å². The topological polar surface area (TPSA) is 67.6 Å². The lowest BCUT2D eigenvalue weighted by atomic mass is 9.99. The van der Waals surface area contributed by atoms with Crippen LogP contribution in [0, 0.1) is 5.92 Å². The number of nitrogens with zero attached hydrogens (tertiary/aromatic N) is 1. The number of primary amides is 1. The van der Waals surface area contributed by atoms with E-state index in [1.165, 1.54) is 0 Å². The third-order valence-corrected chi connectivity index (χ3v) is 2.83. The minimum atomic E-state index is -0.177. The zero-order valence-corrected chi connectivity index (χ0v) is 8.24. The van der Waals surface area contributed by atoms with E-state index < -0.39 is 0 Å². The van der Waals surface area contributed by atoms with Gasteiger partial charge in [-0.2, -0.15) is 0 Å². The smallest absolute Gasteiger partial charge is 0.223 e. The molecule has 1 amide bonds. The van der Waals surface area contributed by atoms with Crippen LogP contribution in [0.3, 0.4) is 0 Å². The molecule has 2 saturated heterocycles. The summed E-state index contributed by atoms with van der Waals surface area (Å²) >= 11 is 0. The van der Waals surface area contributed by atoms with Crippen LogP contribution < -0.4 is 11.1 Å². The molecule has 0 radical (unpaired) electrons. The zero-order chi connectivity index (χ0) is 9.97. The standard InChI is InChI=1S/C9H17N3O2/c10-9(13)7-4-12(5-7)6-8-3-11-1-2-14-8/h7-8,11H,1-6H2,(H2,10,13). The lowest BCUT2D eigenvalue weighted by Gasteiger charge is -2.40. The molecule has 2 heterocycles. The fourth-order valence-electron chi connectivity index (χ4n) is 1.92. The fourth-order valence-corrected chi connectivity index (χ4v) is 1.92. The number of nitrogens with one attached hydrogen (secondary N) is 1. The van der Waals surface area contributed by atoms with Gasteiger partial charge >= 0.3 is 0 Å². The van der Waals surface area contributed by atoms with Crippen LogP contribution >= 0.6 is 0 Å². The van der Waals surface area contributed by atoms with Gasteiger partial charge in [0.25, 0.3) is 0 Å². The molecule has 5 heteroatoms. The zero-order valence-electron chi connectivity index (χ0n) is 8.24. The fraction of sp³-hybridized carbons (Fsp3) is 0.889. The van der Waals surface area contributed by atoms with E-state index >= 15 is 0 Å². The maximum atomic E-state index is 10.8. The molecule has 2 aliphatic heterocycles. The van der Waals surface area contributed by atoms with Crippen LogP contribution in [0.1, 0.15) is 0 Å². The second-order valence-corrected chi connectivity index (χ2v) is 4.01. The predicted molar refractivity (Wildman–Crippen MR) is 51.7 cm³/mol. The van der Waals surface area contributed by atoms with Crippen molar-refractivity contribution in [2.75, 3.05) is 39.3 Å². The first-order chi connectivity index (χ1) is 6.75. The Morgan fingerprint density at radius 3 is 2.93 bits per heavy atom. The highest BCUT2D eigenvalue weighted by Crippen LogP contribution is 2.15. The molecule has 3 N–H and O–H groups in total. The average Bonchev–Trinajstić information content (AvgIpc) is 2.12. The Morgan fingerprint density at radius 1 is 1.57 bits per heavy atom. The van der Waals surface area contributed by atoms with E-state index in [1.54, 1.807) is 0 Å². The summed E-state index contributed by atoms with van der Waals surface area (Å²) in [4.78, 5) is 13.0. The summed E-state index contributed by atoms with van der Waals surface area (Å²) < 4.78 is 5.56. The summed E-state index contributed by atoms with van der Waals surface area (Å²) in [5, 5.41) is 3.28. The van der Waals surface area contributed by atoms with Crippen molar-refractivity contribution in [3.05, 3.63) is 0 Å². The molecule has 0 bridgehead atoms. The van der Waals surface area contributed by atoms with Crippen molar-refractivity contribution in [3.8, 4) is 0 Å². The van der Waals surface area contributed by atoms with Crippen molar-refractivity contribution in [2.45, 2.75) is 6.10 Å². The number of carbonyl (C=O) groups is 1. The second kappa shape index (κ2) is 4.25. The number of amides is 1. The Labute approximate surface area is 83.6 Å². The summed E-state index contributed by atoms with van der Waals surface area (Å²) in [5.74, 6) is -0.115. The molecule has 0 aliphatic carbocycles. The predicted octanol–water partition coefficient (Wildman–Crippen LogP) is -1.61. The summed E-state index contributed by atoms with van der Waals surface area (Å²) in [6, 6.07) is 0. The first kappa shape index (κ1) is 9.89. The summed E-state index contributed by atoms with van der Waals surface area (Å²) in [6.45, 7) is 5.16. The molecule has 80 valence electrons. The average molecular weight is 199 g/mol. The molecule has 0 spiro atoms. The Kier molecular flexibility index (Phi) is 3.00. The molecule has 5 nitrogen and oxygen atoms in total. The Balaban J connectivity index is 1.65. The van der Waals surface area contributed by atoms with E-state index in [0.717, 1.165) is 39.3 Å². The summed E-state index contributed by atoms with van der Waals surface area (Å²) in [6.07, 6.45) is 0.276. The first-order valence-corrected chi connectivity index (χ1v) is 5.09. The van der Waals surface area contributed by atoms with Gasteiger partial charge in [-0.25, -0.2) is 0 Å². The van der Waals surface area contributed by atoms with Crippen molar-refractivity contribution in [2.24, 2.45) is 11.7 Å². The lowest BCUT2D eigenvalue weighted by Crippen LogP contribution is -2.56. The summed E-state index contributed by atoms with van der Waals surface area (Å²) in [5.41, 5.74) is 5.18. The van der Waals surface area contributed by atoms with Crippen LogP contribution in [0.2, 0.25) is 0 Å². The highest BCUT2D eigenvalue weighted by atomic mass is 16.5. The van der Waals surface area contributed by atoms with Gasteiger partial charge in [-0.05, 0) is 0 Å². The highest BCUT2D eigenvalue weighted by Gasteiger charge is 2.32. The number of morpholine rings is 1. The number of rotatable bonds is 3.